The van der Waals surface area contributed by atoms with E-state index in [1.165, 1.54) is 11.3 Å². The van der Waals surface area contributed by atoms with Crippen molar-refractivity contribution in [1.82, 2.24) is 9.29 Å². The molecule has 4 aromatic rings. The Morgan fingerprint density at radius 3 is 2.16 bits per heavy atom. The first-order valence-corrected chi connectivity index (χ1v) is 15.0. The molecule has 0 fully saturated rings. The number of amides is 1. The Morgan fingerprint density at radius 1 is 0.868 bits per heavy atom. The SMILES string of the molecule is CCCCN(CCCC)S(=O)(=O)c1ccc2nc(NC(=O)c3ccccc3C(=O)c3ccccc3)sc2c1. The van der Waals surface area contributed by atoms with E-state index in [2.05, 4.69) is 10.3 Å². The van der Waals surface area contributed by atoms with Crippen LogP contribution in [-0.4, -0.2) is 42.5 Å². The lowest BCUT2D eigenvalue weighted by Crippen LogP contribution is -2.33. The first kappa shape index (κ1) is 27.6. The third-order valence-electron chi connectivity index (χ3n) is 6.19. The zero-order valence-corrected chi connectivity index (χ0v) is 23.1. The van der Waals surface area contributed by atoms with E-state index in [0.29, 0.717) is 39.6 Å². The van der Waals surface area contributed by atoms with Crippen molar-refractivity contribution < 1.29 is 18.0 Å². The van der Waals surface area contributed by atoms with Gasteiger partial charge in [-0.05, 0) is 37.1 Å². The molecule has 1 N–H and O–H groups in total. The van der Waals surface area contributed by atoms with Crippen molar-refractivity contribution in [3.63, 3.8) is 0 Å². The maximum Gasteiger partial charge on any atom is 0.258 e. The standard InChI is InChI=1S/C29H31N3O4S2/c1-3-5-18-32(19-6-4-2)38(35,36)22-16-17-25-26(20-22)37-29(30-25)31-28(34)24-15-11-10-14-23(24)27(33)21-12-8-7-9-13-21/h7-17,20H,3-6,18-19H2,1-2H3,(H,30,31,34). The Labute approximate surface area is 227 Å². The number of sulfonamides is 1. The number of carbonyl (C=O) groups excluding carboxylic acids is 2. The van der Waals surface area contributed by atoms with Crippen molar-refractivity contribution in [2.45, 2.75) is 44.4 Å². The molecular formula is C29H31N3O4S2. The van der Waals surface area contributed by atoms with Crippen molar-refractivity contribution >= 4 is 48.4 Å². The van der Waals surface area contributed by atoms with Gasteiger partial charge in [-0.3, -0.25) is 14.9 Å². The van der Waals surface area contributed by atoms with Gasteiger partial charge in [-0.15, -0.1) is 0 Å². The van der Waals surface area contributed by atoms with Crippen LogP contribution < -0.4 is 5.32 Å². The molecule has 198 valence electrons. The van der Waals surface area contributed by atoms with Crippen LogP contribution in [0, 0.1) is 0 Å². The second-order valence-electron chi connectivity index (χ2n) is 8.95. The highest BCUT2D eigenvalue weighted by Gasteiger charge is 2.25. The Morgan fingerprint density at radius 2 is 1.50 bits per heavy atom. The van der Waals surface area contributed by atoms with Crippen LogP contribution in [0.15, 0.2) is 77.7 Å². The quantitative estimate of drug-likeness (QED) is 0.207. The van der Waals surface area contributed by atoms with Gasteiger partial charge in [-0.25, -0.2) is 13.4 Å². The Bertz CT molecular complexity index is 1520. The minimum absolute atomic E-state index is 0.220. The lowest BCUT2D eigenvalue weighted by Gasteiger charge is -2.21. The summed E-state index contributed by atoms with van der Waals surface area (Å²) in [6.45, 7) is 5.06. The van der Waals surface area contributed by atoms with Gasteiger partial charge in [0.05, 0.1) is 20.7 Å². The van der Waals surface area contributed by atoms with Crippen LogP contribution in [-0.2, 0) is 10.0 Å². The summed E-state index contributed by atoms with van der Waals surface area (Å²) in [4.78, 5) is 30.9. The highest BCUT2D eigenvalue weighted by Crippen LogP contribution is 2.30. The highest BCUT2D eigenvalue weighted by atomic mass is 32.2. The fourth-order valence-electron chi connectivity index (χ4n) is 4.08. The molecule has 1 amide bonds. The number of fused-ring (bicyclic) bond motifs is 1. The van der Waals surface area contributed by atoms with Crippen LogP contribution >= 0.6 is 11.3 Å². The number of nitrogens with zero attached hydrogens (tertiary/aromatic N) is 2. The normalized spacial score (nSPS) is 11.7. The van der Waals surface area contributed by atoms with Gasteiger partial charge in [0.2, 0.25) is 10.0 Å². The van der Waals surface area contributed by atoms with Crippen molar-refractivity contribution in [2.75, 3.05) is 18.4 Å². The number of hydrogen-bond acceptors (Lipinski definition) is 6. The minimum atomic E-state index is -3.65. The average Bonchev–Trinajstić information content (AvgIpc) is 3.34. The molecule has 0 spiro atoms. The van der Waals surface area contributed by atoms with E-state index >= 15 is 0 Å². The molecule has 3 aromatic carbocycles. The molecule has 0 atom stereocenters. The number of anilines is 1. The molecule has 38 heavy (non-hydrogen) atoms. The van der Waals surface area contributed by atoms with Gasteiger partial charge < -0.3 is 0 Å². The number of unbranched alkanes of at least 4 members (excludes halogenated alkanes) is 2. The predicted octanol–water partition coefficient (Wildman–Crippen LogP) is 6.37. The van der Waals surface area contributed by atoms with Crippen molar-refractivity contribution in [3.05, 3.63) is 89.5 Å². The van der Waals surface area contributed by atoms with Gasteiger partial charge >= 0.3 is 0 Å². The largest absolute Gasteiger partial charge is 0.298 e. The minimum Gasteiger partial charge on any atom is -0.298 e. The molecule has 1 heterocycles. The summed E-state index contributed by atoms with van der Waals surface area (Å²) in [6.07, 6.45) is 3.43. The smallest absolute Gasteiger partial charge is 0.258 e. The number of ketones is 1. The molecule has 0 bridgehead atoms. The number of aromatic nitrogens is 1. The summed E-state index contributed by atoms with van der Waals surface area (Å²) in [6, 6.07) is 20.3. The molecule has 0 saturated carbocycles. The third kappa shape index (κ3) is 6.18. The summed E-state index contributed by atoms with van der Waals surface area (Å²) in [7, 11) is -3.65. The summed E-state index contributed by atoms with van der Waals surface area (Å²) in [5.41, 5.74) is 1.62. The second kappa shape index (κ2) is 12.4. The number of carbonyl (C=O) groups is 2. The van der Waals surface area contributed by atoms with Gasteiger partial charge in [0.25, 0.3) is 5.91 Å². The van der Waals surface area contributed by atoms with Crippen LogP contribution in [0.25, 0.3) is 10.2 Å². The van der Waals surface area contributed by atoms with E-state index in [4.69, 9.17) is 0 Å². The fraction of sp³-hybridized carbons (Fsp3) is 0.276. The van der Waals surface area contributed by atoms with Crippen LogP contribution in [0.1, 0.15) is 65.8 Å². The fourth-order valence-corrected chi connectivity index (χ4v) is 6.60. The van der Waals surface area contributed by atoms with Crippen molar-refractivity contribution in [3.8, 4) is 0 Å². The first-order valence-electron chi connectivity index (χ1n) is 12.8. The van der Waals surface area contributed by atoms with Crippen LogP contribution in [0.5, 0.6) is 0 Å². The van der Waals surface area contributed by atoms with E-state index in [9.17, 15) is 18.0 Å². The van der Waals surface area contributed by atoms with Gasteiger partial charge in [0.15, 0.2) is 10.9 Å². The number of thiazole rings is 1. The molecule has 0 radical (unpaired) electrons. The molecule has 0 saturated heterocycles. The molecule has 7 nitrogen and oxygen atoms in total. The van der Waals surface area contributed by atoms with Crippen molar-refractivity contribution in [2.24, 2.45) is 0 Å². The second-order valence-corrected chi connectivity index (χ2v) is 11.9. The maximum absolute atomic E-state index is 13.4. The van der Waals surface area contributed by atoms with E-state index in [-0.39, 0.29) is 16.2 Å². The number of hydrogen-bond donors (Lipinski definition) is 1. The van der Waals surface area contributed by atoms with E-state index in [0.717, 1.165) is 25.7 Å². The zero-order chi connectivity index (χ0) is 27.1. The molecule has 4 rings (SSSR count). The lowest BCUT2D eigenvalue weighted by atomic mass is 9.98. The molecular weight excluding hydrogens is 518 g/mol. The third-order valence-corrected chi connectivity index (χ3v) is 9.02. The maximum atomic E-state index is 13.4. The summed E-state index contributed by atoms with van der Waals surface area (Å²) < 4.78 is 29.0. The number of nitrogens with one attached hydrogen (secondary N) is 1. The number of rotatable bonds is 12. The van der Waals surface area contributed by atoms with Crippen molar-refractivity contribution in [1.29, 1.82) is 0 Å². The summed E-state index contributed by atoms with van der Waals surface area (Å²) >= 11 is 1.20. The molecule has 0 unspecified atom stereocenters. The molecule has 9 heteroatoms. The Kier molecular flexibility index (Phi) is 9.04. The van der Waals surface area contributed by atoms with Crippen LogP contribution in [0.4, 0.5) is 5.13 Å². The average molecular weight is 550 g/mol. The monoisotopic (exact) mass is 549 g/mol. The van der Waals surface area contributed by atoms with Gasteiger partial charge in [-0.2, -0.15) is 4.31 Å². The van der Waals surface area contributed by atoms with Gasteiger partial charge in [0.1, 0.15) is 0 Å². The van der Waals surface area contributed by atoms with E-state index in [1.54, 1.807) is 71.0 Å². The lowest BCUT2D eigenvalue weighted by molar-refractivity contribution is 0.0996. The number of benzene rings is 3. The van der Waals surface area contributed by atoms with Crippen LogP contribution in [0.2, 0.25) is 0 Å². The van der Waals surface area contributed by atoms with Gasteiger partial charge in [-0.1, -0.05) is 86.6 Å². The molecule has 0 aliphatic carbocycles. The summed E-state index contributed by atoms with van der Waals surface area (Å²) in [5.74, 6) is -0.701. The van der Waals surface area contributed by atoms with E-state index < -0.39 is 15.9 Å². The van der Waals surface area contributed by atoms with E-state index in [1.807, 2.05) is 19.9 Å². The topological polar surface area (TPSA) is 96.4 Å². The molecule has 1 aromatic heterocycles. The Balaban J connectivity index is 1.58. The molecule has 0 aliphatic heterocycles. The highest BCUT2D eigenvalue weighted by molar-refractivity contribution is 7.89. The zero-order valence-electron chi connectivity index (χ0n) is 21.5. The predicted molar refractivity (Wildman–Crippen MR) is 152 cm³/mol. The molecule has 0 aliphatic rings. The summed E-state index contributed by atoms with van der Waals surface area (Å²) in [5, 5.41) is 3.12. The van der Waals surface area contributed by atoms with Crippen LogP contribution in [0.3, 0.4) is 0 Å². The first-order chi connectivity index (χ1) is 18.3. The Hall–Kier alpha value is -3.40. The van der Waals surface area contributed by atoms with Gasteiger partial charge in [0, 0.05) is 24.2 Å².